The van der Waals surface area contributed by atoms with E-state index in [1.54, 1.807) is 14.2 Å². The minimum atomic E-state index is -0.245. The average molecular weight is 330 g/mol. The lowest BCUT2D eigenvalue weighted by Gasteiger charge is -2.13. The molecule has 0 aromatic heterocycles. The number of hydrogen-bond acceptors (Lipinski definition) is 4. The zero-order valence-corrected chi connectivity index (χ0v) is 15.0. The average Bonchev–Trinajstić information content (AvgIpc) is 2.55. The van der Waals surface area contributed by atoms with Gasteiger partial charge in [-0.2, -0.15) is 0 Å². The van der Waals surface area contributed by atoms with Gasteiger partial charge in [0.15, 0.2) is 6.29 Å². The van der Waals surface area contributed by atoms with E-state index in [2.05, 4.69) is 6.07 Å². The van der Waals surface area contributed by atoms with Gasteiger partial charge in [-0.25, -0.2) is 0 Å². The Morgan fingerprint density at radius 1 is 0.958 bits per heavy atom. The molecule has 0 atom stereocenters. The Morgan fingerprint density at radius 2 is 1.54 bits per heavy atom. The summed E-state index contributed by atoms with van der Waals surface area (Å²) >= 11 is 0. The second-order valence-corrected chi connectivity index (χ2v) is 5.49. The van der Waals surface area contributed by atoms with Crippen molar-refractivity contribution in [1.29, 1.82) is 0 Å². The van der Waals surface area contributed by atoms with Gasteiger partial charge in [-0.1, -0.05) is 59.7 Å². The van der Waals surface area contributed by atoms with Crippen molar-refractivity contribution < 1.29 is 19.0 Å². The summed E-state index contributed by atoms with van der Waals surface area (Å²) in [4.78, 5) is 10.5. The Labute approximate surface area is 144 Å². The molecule has 2 rings (SSSR count). The summed E-state index contributed by atoms with van der Waals surface area (Å²) in [7, 11) is 3.27. The summed E-state index contributed by atoms with van der Waals surface area (Å²) in [6, 6.07) is 16.0. The molecule has 4 nitrogen and oxygen atoms in total. The Bertz CT molecular complexity index is 633. The van der Waals surface area contributed by atoms with E-state index in [-0.39, 0.29) is 12.3 Å². The van der Waals surface area contributed by atoms with Crippen LogP contribution in [0.2, 0.25) is 0 Å². The van der Waals surface area contributed by atoms with Gasteiger partial charge in [0.2, 0.25) is 0 Å². The van der Waals surface area contributed by atoms with Crippen molar-refractivity contribution in [3.63, 3.8) is 0 Å². The summed E-state index contributed by atoms with van der Waals surface area (Å²) in [5.74, 6) is -0.239. The Kier molecular flexibility index (Phi) is 8.76. The number of rotatable bonds is 5. The van der Waals surface area contributed by atoms with Crippen molar-refractivity contribution in [3.8, 4) is 0 Å². The fourth-order valence-electron chi connectivity index (χ4n) is 2.17. The summed E-state index contributed by atoms with van der Waals surface area (Å²) in [5.41, 5.74) is 4.48. The number of esters is 1. The lowest BCUT2D eigenvalue weighted by Crippen LogP contribution is -2.03. The van der Waals surface area contributed by atoms with Gasteiger partial charge in [0, 0.05) is 26.7 Å². The van der Waals surface area contributed by atoms with Gasteiger partial charge in [-0.3, -0.25) is 4.79 Å². The third-order valence-electron chi connectivity index (χ3n) is 3.27. The molecule has 0 saturated heterocycles. The molecule has 130 valence electrons. The van der Waals surface area contributed by atoms with Gasteiger partial charge in [0.1, 0.15) is 6.61 Å². The largest absolute Gasteiger partial charge is 0.461 e. The zero-order chi connectivity index (χ0) is 17.9. The maximum atomic E-state index is 10.5. The molecule has 2 aromatic carbocycles. The highest BCUT2D eigenvalue weighted by molar-refractivity contribution is 5.65. The van der Waals surface area contributed by atoms with E-state index >= 15 is 0 Å². The van der Waals surface area contributed by atoms with Crippen LogP contribution in [0.5, 0.6) is 0 Å². The van der Waals surface area contributed by atoms with E-state index in [0.29, 0.717) is 6.61 Å². The van der Waals surface area contributed by atoms with E-state index in [1.165, 1.54) is 18.1 Å². The van der Waals surface area contributed by atoms with Crippen LogP contribution in [0.3, 0.4) is 0 Å². The fourth-order valence-corrected chi connectivity index (χ4v) is 2.17. The summed E-state index contributed by atoms with van der Waals surface area (Å²) in [5, 5.41) is 0. The highest BCUT2D eigenvalue weighted by Crippen LogP contribution is 2.17. The highest BCUT2D eigenvalue weighted by atomic mass is 16.7. The molecule has 0 N–H and O–H groups in total. The van der Waals surface area contributed by atoms with Crippen LogP contribution < -0.4 is 0 Å². The predicted octanol–water partition coefficient (Wildman–Crippen LogP) is 4.34. The Hall–Kier alpha value is -2.17. The minimum Gasteiger partial charge on any atom is -0.461 e. The van der Waals surface area contributed by atoms with Crippen LogP contribution in [0, 0.1) is 13.8 Å². The predicted molar refractivity (Wildman–Crippen MR) is 94.6 cm³/mol. The smallest absolute Gasteiger partial charge is 0.302 e. The molecule has 0 saturated carbocycles. The quantitative estimate of drug-likeness (QED) is 0.604. The van der Waals surface area contributed by atoms with Crippen LogP contribution in [-0.4, -0.2) is 20.2 Å². The number of ether oxygens (including phenoxy) is 3. The molecule has 0 heterocycles. The topological polar surface area (TPSA) is 44.8 Å². The first-order valence-electron chi connectivity index (χ1n) is 7.77. The maximum Gasteiger partial charge on any atom is 0.302 e. The van der Waals surface area contributed by atoms with Gasteiger partial charge in [0.05, 0.1) is 0 Å². The standard InChI is InChI=1S/C10H14O2.C10H12O2/c1-8-5-4-6-9(7-8)10(11-2)12-3;1-8-4-3-5-10(6-8)7-12-9(2)11/h4-7,10H,1-3H3;3-6H,7H2,1-2H3. The number of carbonyl (C=O) groups excluding carboxylic acids is 1. The molecular weight excluding hydrogens is 304 g/mol. The molecule has 0 spiro atoms. The summed E-state index contributed by atoms with van der Waals surface area (Å²) in [6.45, 7) is 5.84. The number of benzene rings is 2. The van der Waals surface area contributed by atoms with Crippen molar-refractivity contribution in [2.45, 2.75) is 33.7 Å². The molecule has 0 aliphatic heterocycles. The van der Waals surface area contributed by atoms with Crippen LogP contribution in [-0.2, 0) is 25.6 Å². The molecule has 0 unspecified atom stereocenters. The Morgan fingerprint density at radius 3 is 2.04 bits per heavy atom. The van der Waals surface area contributed by atoms with E-state index in [0.717, 1.165) is 11.1 Å². The fraction of sp³-hybridized carbons (Fsp3) is 0.350. The van der Waals surface area contributed by atoms with Crippen LogP contribution in [0.25, 0.3) is 0 Å². The lowest BCUT2D eigenvalue weighted by molar-refractivity contribution is -0.142. The van der Waals surface area contributed by atoms with Crippen molar-refractivity contribution in [2.75, 3.05) is 14.2 Å². The van der Waals surface area contributed by atoms with Gasteiger partial charge >= 0.3 is 5.97 Å². The maximum absolute atomic E-state index is 10.5. The molecule has 0 aliphatic rings. The second kappa shape index (κ2) is 10.6. The molecular formula is C20H26O4. The van der Waals surface area contributed by atoms with Crippen LogP contribution in [0.15, 0.2) is 48.5 Å². The van der Waals surface area contributed by atoms with Gasteiger partial charge < -0.3 is 14.2 Å². The normalized spacial score (nSPS) is 10.1. The first-order valence-corrected chi connectivity index (χ1v) is 7.77. The molecule has 4 heteroatoms. The highest BCUT2D eigenvalue weighted by Gasteiger charge is 2.07. The minimum absolute atomic E-state index is 0.239. The molecule has 2 aromatic rings. The van der Waals surface area contributed by atoms with Crippen molar-refractivity contribution in [1.82, 2.24) is 0 Å². The summed E-state index contributed by atoms with van der Waals surface area (Å²) in [6.07, 6.45) is -0.245. The lowest BCUT2D eigenvalue weighted by atomic mass is 10.1. The number of methoxy groups -OCH3 is 2. The zero-order valence-electron chi connectivity index (χ0n) is 15.0. The Balaban J connectivity index is 0.000000240. The van der Waals surface area contributed by atoms with E-state index < -0.39 is 0 Å². The van der Waals surface area contributed by atoms with Crippen molar-refractivity contribution in [3.05, 3.63) is 70.8 Å². The molecule has 0 aliphatic carbocycles. The molecule has 24 heavy (non-hydrogen) atoms. The van der Waals surface area contributed by atoms with Crippen LogP contribution in [0.4, 0.5) is 0 Å². The second-order valence-electron chi connectivity index (χ2n) is 5.49. The van der Waals surface area contributed by atoms with E-state index in [9.17, 15) is 4.79 Å². The third-order valence-corrected chi connectivity index (χ3v) is 3.27. The van der Waals surface area contributed by atoms with Crippen LogP contribution >= 0.6 is 0 Å². The number of carbonyl (C=O) groups is 1. The first-order chi connectivity index (χ1) is 11.5. The molecule has 0 fully saturated rings. The number of aryl methyl sites for hydroxylation is 2. The first kappa shape index (κ1) is 19.9. The van der Waals surface area contributed by atoms with Gasteiger partial charge in [0.25, 0.3) is 0 Å². The number of hydrogen-bond donors (Lipinski definition) is 0. The third kappa shape index (κ3) is 7.40. The van der Waals surface area contributed by atoms with Gasteiger partial charge in [-0.05, 0) is 19.4 Å². The molecule has 0 amide bonds. The van der Waals surface area contributed by atoms with Gasteiger partial charge in [-0.15, -0.1) is 0 Å². The van der Waals surface area contributed by atoms with Crippen LogP contribution in [0.1, 0.15) is 35.5 Å². The SMILES string of the molecule is CC(=O)OCc1cccc(C)c1.COC(OC)c1cccc(C)c1. The van der Waals surface area contributed by atoms with E-state index in [1.807, 2.05) is 56.3 Å². The van der Waals surface area contributed by atoms with E-state index in [4.69, 9.17) is 14.2 Å². The molecule has 0 bridgehead atoms. The monoisotopic (exact) mass is 330 g/mol. The molecule has 0 radical (unpaired) electrons. The summed E-state index contributed by atoms with van der Waals surface area (Å²) < 4.78 is 15.1. The van der Waals surface area contributed by atoms with Crippen molar-refractivity contribution >= 4 is 5.97 Å². The van der Waals surface area contributed by atoms with Crippen molar-refractivity contribution in [2.24, 2.45) is 0 Å².